The fourth-order valence-corrected chi connectivity index (χ4v) is 2.88. The molecule has 1 amide bonds. The minimum absolute atomic E-state index is 0.171. The molecule has 98 valence electrons. The fraction of sp³-hybridized carbons (Fsp3) is 0.923. The molecule has 1 saturated heterocycles. The molecule has 4 heteroatoms. The van der Waals surface area contributed by atoms with E-state index >= 15 is 0 Å². The number of carbonyl (C=O) groups excluding carboxylic acids is 1. The predicted octanol–water partition coefficient (Wildman–Crippen LogP) is 2.01. The van der Waals surface area contributed by atoms with E-state index in [1.165, 1.54) is 0 Å². The van der Waals surface area contributed by atoms with Crippen molar-refractivity contribution in [2.24, 2.45) is 11.8 Å². The highest BCUT2D eigenvalue weighted by atomic mass is 16.6. The molecule has 4 nitrogen and oxygen atoms in total. The van der Waals surface area contributed by atoms with Gasteiger partial charge in [-0.2, -0.15) is 0 Å². The third kappa shape index (κ3) is 3.12. The number of amides is 1. The first-order valence-corrected chi connectivity index (χ1v) is 6.51. The lowest BCUT2D eigenvalue weighted by Crippen LogP contribution is -2.35. The van der Waals surface area contributed by atoms with Crippen LogP contribution in [-0.2, 0) is 4.74 Å². The molecule has 0 aromatic heterocycles. The Labute approximate surface area is 103 Å². The van der Waals surface area contributed by atoms with Gasteiger partial charge in [0.15, 0.2) is 0 Å². The van der Waals surface area contributed by atoms with Crippen LogP contribution < -0.4 is 0 Å². The van der Waals surface area contributed by atoms with Crippen LogP contribution in [0, 0.1) is 11.8 Å². The number of hydrogen-bond donors (Lipinski definition) is 1. The molecule has 1 aliphatic carbocycles. The summed E-state index contributed by atoms with van der Waals surface area (Å²) in [4.78, 5) is 13.7. The average Bonchev–Trinajstić information content (AvgIpc) is 2.57. The van der Waals surface area contributed by atoms with Crippen LogP contribution in [0.3, 0.4) is 0 Å². The monoisotopic (exact) mass is 241 g/mol. The van der Waals surface area contributed by atoms with Crippen LogP contribution in [-0.4, -0.2) is 40.9 Å². The Morgan fingerprint density at radius 3 is 2.53 bits per heavy atom. The smallest absolute Gasteiger partial charge is 0.410 e. The number of fused-ring (bicyclic) bond motifs is 1. The van der Waals surface area contributed by atoms with Gasteiger partial charge in [-0.05, 0) is 51.9 Å². The summed E-state index contributed by atoms with van der Waals surface area (Å²) >= 11 is 0. The molecule has 0 aromatic rings. The van der Waals surface area contributed by atoms with Crippen molar-refractivity contribution < 1.29 is 14.6 Å². The van der Waals surface area contributed by atoms with Crippen LogP contribution in [0.25, 0.3) is 0 Å². The van der Waals surface area contributed by atoms with E-state index < -0.39 is 5.60 Å². The van der Waals surface area contributed by atoms with Crippen molar-refractivity contribution in [1.82, 2.24) is 4.90 Å². The first-order chi connectivity index (χ1) is 7.85. The maximum atomic E-state index is 11.9. The van der Waals surface area contributed by atoms with Crippen molar-refractivity contribution in [3.8, 4) is 0 Å². The maximum Gasteiger partial charge on any atom is 0.410 e. The average molecular weight is 241 g/mol. The summed E-state index contributed by atoms with van der Waals surface area (Å²) in [5, 5.41) is 9.63. The van der Waals surface area contributed by atoms with E-state index in [4.69, 9.17) is 4.74 Å². The van der Waals surface area contributed by atoms with E-state index in [9.17, 15) is 9.90 Å². The first kappa shape index (κ1) is 12.7. The molecule has 0 radical (unpaired) electrons. The lowest BCUT2D eigenvalue weighted by molar-refractivity contribution is 0.0282. The Hall–Kier alpha value is -0.770. The highest BCUT2D eigenvalue weighted by Crippen LogP contribution is 2.36. The topological polar surface area (TPSA) is 49.8 Å². The molecule has 2 fully saturated rings. The van der Waals surface area contributed by atoms with Gasteiger partial charge in [0.2, 0.25) is 0 Å². The van der Waals surface area contributed by atoms with E-state index in [1.54, 1.807) is 4.90 Å². The SMILES string of the molecule is CC(C)(C)OC(=O)N1C[C@H]2CC[C@H](O)C[C@H]2C1. The molecule has 0 aromatic carbocycles. The number of rotatable bonds is 0. The number of ether oxygens (including phenoxy) is 1. The minimum Gasteiger partial charge on any atom is -0.444 e. The van der Waals surface area contributed by atoms with Crippen LogP contribution in [0.2, 0.25) is 0 Å². The Kier molecular flexibility index (Phi) is 3.34. The zero-order chi connectivity index (χ0) is 12.6. The predicted molar refractivity (Wildman–Crippen MR) is 64.6 cm³/mol. The molecule has 3 atom stereocenters. The standard InChI is InChI=1S/C13H23NO3/c1-13(2,3)17-12(16)14-7-9-4-5-11(15)6-10(9)8-14/h9-11,15H,4-8H2,1-3H3/t9-,10+,11+/m1/s1. The molecule has 0 unspecified atom stereocenters. The molecule has 17 heavy (non-hydrogen) atoms. The van der Waals surface area contributed by atoms with Crippen LogP contribution in [0.15, 0.2) is 0 Å². The zero-order valence-electron chi connectivity index (χ0n) is 11.0. The first-order valence-electron chi connectivity index (χ1n) is 6.51. The number of carbonyl (C=O) groups is 1. The van der Waals surface area contributed by atoms with Gasteiger partial charge in [0.25, 0.3) is 0 Å². The molecule has 0 bridgehead atoms. The van der Waals surface area contributed by atoms with Crippen LogP contribution in [0.1, 0.15) is 40.0 Å². The summed E-state index contributed by atoms with van der Waals surface area (Å²) in [6, 6.07) is 0. The number of nitrogens with zero attached hydrogens (tertiary/aromatic N) is 1. The van der Waals surface area contributed by atoms with Gasteiger partial charge in [0, 0.05) is 13.1 Å². The second kappa shape index (κ2) is 4.48. The normalized spacial score (nSPS) is 33.4. The van der Waals surface area contributed by atoms with Gasteiger partial charge in [-0.25, -0.2) is 4.79 Å². The van der Waals surface area contributed by atoms with Gasteiger partial charge in [-0.15, -0.1) is 0 Å². The Bertz CT molecular complexity index is 298. The van der Waals surface area contributed by atoms with E-state index in [0.29, 0.717) is 11.8 Å². The van der Waals surface area contributed by atoms with E-state index in [1.807, 2.05) is 20.8 Å². The van der Waals surface area contributed by atoms with E-state index in [0.717, 1.165) is 32.4 Å². The number of aliphatic hydroxyl groups is 1. The number of hydrogen-bond acceptors (Lipinski definition) is 3. The van der Waals surface area contributed by atoms with E-state index in [-0.39, 0.29) is 12.2 Å². The van der Waals surface area contributed by atoms with E-state index in [2.05, 4.69) is 0 Å². The fourth-order valence-electron chi connectivity index (χ4n) is 2.88. The van der Waals surface area contributed by atoms with Gasteiger partial charge in [-0.3, -0.25) is 0 Å². The molecule has 1 heterocycles. The minimum atomic E-state index is -0.426. The summed E-state index contributed by atoms with van der Waals surface area (Å²) in [6.07, 6.45) is 2.37. The molecular formula is C13H23NO3. The van der Waals surface area contributed by atoms with Gasteiger partial charge < -0.3 is 14.7 Å². The lowest BCUT2D eigenvalue weighted by Gasteiger charge is -2.27. The molecule has 1 N–H and O–H groups in total. The summed E-state index contributed by atoms with van der Waals surface area (Å²) in [7, 11) is 0. The number of likely N-dealkylation sites (tertiary alicyclic amines) is 1. The molecule has 1 aliphatic heterocycles. The quantitative estimate of drug-likeness (QED) is 0.706. The summed E-state index contributed by atoms with van der Waals surface area (Å²) in [5.74, 6) is 1.03. The van der Waals surface area contributed by atoms with Crippen LogP contribution in [0.4, 0.5) is 4.79 Å². The summed E-state index contributed by atoms with van der Waals surface area (Å²) in [6.45, 7) is 7.20. The van der Waals surface area contributed by atoms with Crippen molar-refractivity contribution in [1.29, 1.82) is 0 Å². The van der Waals surface area contributed by atoms with Gasteiger partial charge >= 0.3 is 6.09 Å². The Morgan fingerprint density at radius 2 is 1.88 bits per heavy atom. The van der Waals surface area contributed by atoms with Gasteiger partial charge in [0.1, 0.15) is 5.60 Å². The highest BCUT2D eigenvalue weighted by Gasteiger charge is 2.40. The number of aliphatic hydroxyl groups excluding tert-OH is 1. The molecule has 0 spiro atoms. The van der Waals surface area contributed by atoms with Crippen molar-refractivity contribution in [3.05, 3.63) is 0 Å². The molecule has 2 aliphatic rings. The van der Waals surface area contributed by atoms with Crippen LogP contribution in [0.5, 0.6) is 0 Å². The molecule has 2 rings (SSSR count). The van der Waals surface area contributed by atoms with Gasteiger partial charge in [-0.1, -0.05) is 0 Å². The van der Waals surface area contributed by atoms with Crippen molar-refractivity contribution >= 4 is 6.09 Å². The van der Waals surface area contributed by atoms with Gasteiger partial charge in [0.05, 0.1) is 6.10 Å². The lowest BCUT2D eigenvalue weighted by atomic mass is 9.80. The maximum absolute atomic E-state index is 11.9. The summed E-state index contributed by atoms with van der Waals surface area (Å²) < 4.78 is 5.38. The highest BCUT2D eigenvalue weighted by molar-refractivity contribution is 5.68. The zero-order valence-corrected chi connectivity index (χ0v) is 11.0. The van der Waals surface area contributed by atoms with Crippen molar-refractivity contribution in [2.75, 3.05) is 13.1 Å². The van der Waals surface area contributed by atoms with Crippen molar-refractivity contribution in [3.63, 3.8) is 0 Å². The molecular weight excluding hydrogens is 218 g/mol. The molecule has 1 saturated carbocycles. The van der Waals surface area contributed by atoms with Crippen LogP contribution >= 0.6 is 0 Å². The largest absolute Gasteiger partial charge is 0.444 e. The second-order valence-corrected chi connectivity index (χ2v) is 6.37. The summed E-state index contributed by atoms with van der Waals surface area (Å²) in [5.41, 5.74) is -0.426. The Morgan fingerprint density at radius 1 is 1.24 bits per heavy atom. The third-order valence-electron chi connectivity index (χ3n) is 3.67. The van der Waals surface area contributed by atoms with Crippen molar-refractivity contribution in [2.45, 2.75) is 51.7 Å². The Balaban J connectivity index is 1.91. The third-order valence-corrected chi connectivity index (χ3v) is 3.67. The second-order valence-electron chi connectivity index (χ2n) is 6.37.